The maximum Gasteiger partial charge on any atom is 0.137 e. The van der Waals surface area contributed by atoms with E-state index in [1.807, 2.05) is 6.26 Å². The van der Waals surface area contributed by atoms with Gasteiger partial charge in [-0.2, -0.15) is 0 Å². The molecule has 1 N–H and O–H groups in total. The van der Waals surface area contributed by atoms with E-state index in [-0.39, 0.29) is 0 Å². The normalized spacial score (nSPS) is 11.6. The third-order valence-electron chi connectivity index (χ3n) is 3.03. The van der Waals surface area contributed by atoms with Crippen LogP contribution in [0.4, 0.5) is 0 Å². The fourth-order valence-corrected chi connectivity index (χ4v) is 2.23. The maximum absolute atomic E-state index is 5.66. The zero-order valence-electron chi connectivity index (χ0n) is 11.1. The van der Waals surface area contributed by atoms with Crippen molar-refractivity contribution in [3.63, 3.8) is 0 Å². The van der Waals surface area contributed by atoms with Crippen molar-refractivity contribution in [3.8, 4) is 0 Å². The summed E-state index contributed by atoms with van der Waals surface area (Å²) >= 11 is 0. The first-order valence-electron chi connectivity index (χ1n) is 6.28. The molecule has 1 aromatic carbocycles. The number of hydrogen-bond donors (Lipinski definition) is 1. The van der Waals surface area contributed by atoms with E-state index in [4.69, 9.17) is 4.42 Å². The Hall–Kier alpha value is -1.28. The summed E-state index contributed by atoms with van der Waals surface area (Å²) in [4.78, 5) is 0. The lowest BCUT2D eigenvalue weighted by Crippen LogP contribution is -2.24. The van der Waals surface area contributed by atoms with Gasteiger partial charge in [-0.25, -0.2) is 0 Å². The van der Waals surface area contributed by atoms with Crippen LogP contribution in [0.1, 0.15) is 30.5 Å². The number of furan rings is 1. The minimum Gasteiger partial charge on any atom is -0.464 e. The minimum absolute atomic E-state index is 0.539. The van der Waals surface area contributed by atoms with E-state index in [0.717, 1.165) is 18.5 Å². The number of hydrogen-bond acceptors (Lipinski definition) is 2. The lowest BCUT2D eigenvalue weighted by molar-refractivity contribution is 0.580. The fourth-order valence-electron chi connectivity index (χ4n) is 2.23. The molecule has 1 heterocycles. The zero-order valence-corrected chi connectivity index (χ0v) is 11.1. The standard InChI is InChI=1S/C15H21NO/c1-10(2)16-6-5-13-9-17-15-12(4)7-11(3)8-14(13)15/h7-10,16H,5-6H2,1-4H3. The van der Waals surface area contributed by atoms with Crippen LogP contribution in [0.2, 0.25) is 0 Å². The summed E-state index contributed by atoms with van der Waals surface area (Å²) in [6.07, 6.45) is 2.92. The molecule has 0 unspecified atom stereocenters. The Morgan fingerprint density at radius 3 is 2.71 bits per heavy atom. The number of benzene rings is 1. The van der Waals surface area contributed by atoms with Crippen LogP contribution in [0.25, 0.3) is 11.0 Å². The van der Waals surface area contributed by atoms with Gasteiger partial charge in [0.1, 0.15) is 5.58 Å². The Kier molecular flexibility index (Phi) is 3.53. The average Bonchev–Trinajstić information content (AvgIpc) is 2.61. The molecule has 0 bridgehead atoms. The zero-order chi connectivity index (χ0) is 12.4. The maximum atomic E-state index is 5.66. The predicted octanol–water partition coefficient (Wildman–Crippen LogP) is 3.59. The first-order chi connectivity index (χ1) is 8.08. The van der Waals surface area contributed by atoms with Gasteiger partial charge in [-0.3, -0.25) is 0 Å². The van der Waals surface area contributed by atoms with Gasteiger partial charge >= 0.3 is 0 Å². The lowest BCUT2D eigenvalue weighted by atomic mass is 10.0. The van der Waals surface area contributed by atoms with E-state index in [2.05, 4.69) is 45.1 Å². The highest BCUT2D eigenvalue weighted by atomic mass is 16.3. The Morgan fingerprint density at radius 2 is 2.00 bits per heavy atom. The monoisotopic (exact) mass is 231 g/mol. The first-order valence-corrected chi connectivity index (χ1v) is 6.28. The summed E-state index contributed by atoms with van der Waals surface area (Å²) in [6, 6.07) is 4.93. The van der Waals surface area contributed by atoms with Gasteiger partial charge in [0, 0.05) is 11.4 Å². The van der Waals surface area contributed by atoms with Gasteiger partial charge in [0.05, 0.1) is 6.26 Å². The second kappa shape index (κ2) is 4.92. The highest BCUT2D eigenvalue weighted by Crippen LogP contribution is 2.26. The van der Waals surface area contributed by atoms with Gasteiger partial charge in [-0.15, -0.1) is 0 Å². The van der Waals surface area contributed by atoms with Gasteiger partial charge in [0.2, 0.25) is 0 Å². The highest BCUT2D eigenvalue weighted by molar-refractivity contribution is 5.84. The van der Waals surface area contributed by atoms with Crippen molar-refractivity contribution in [1.82, 2.24) is 5.32 Å². The molecule has 0 atom stereocenters. The van der Waals surface area contributed by atoms with Crippen LogP contribution >= 0.6 is 0 Å². The topological polar surface area (TPSA) is 25.2 Å². The minimum atomic E-state index is 0.539. The smallest absolute Gasteiger partial charge is 0.137 e. The molecule has 0 aliphatic rings. The van der Waals surface area contributed by atoms with Crippen LogP contribution in [0.5, 0.6) is 0 Å². The van der Waals surface area contributed by atoms with Crippen LogP contribution in [-0.2, 0) is 6.42 Å². The largest absolute Gasteiger partial charge is 0.464 e. The molecule has 0 aliphatic carbocycles. The molecule has 92 valence electrons. The van der Waals surface area contributed by atoms with Crippen molar-refractivity contribution >= 4 is 11.0 Å². The molecule has 0 aliphatic heterocycles. The molecule has 0 spiro atoms. The lowest BCUT2D eigenvalue weighted by Gasteiger charge is -2.06. The summed E-state index contributed by atoms with van der Waals surface area (Å²) in [5.74, 6) is 0. The summed E-state index contributed by atoms with van der Waals surface area (Å²) in [5, 5.41) is 4.71. The van der Waals surface area contributed by atoms with Crippen molar-refractivity contribution in [2.75, 3.05) is 6.54 Å². The molecule has 17 heavy (non-hydrogen) atoms. The SMILES string of the molecule is Cc1cc(C)c2occ(CCNC(C)C)c2c1. The van der Waals surface area contributed by atoms with Crippen LogP contribution in [0.15, 0.2) is 22.8 Å². The summed E-state index contributed by atoms with van der Waals surface area (Å²) in [6.45, 7) is 9.58. The number of fused-ring (bicyclic) bond motifs is 1. The van der Waals surface area contributed by atoms with Crippen LogP contribution in [-0.4, -0.2) is 12.6 Å². The van der Waals surface area contributed by atoms with Gasteiger partial charge in [-0.05, 0) is 49.6 Å². The van der Waals surface area contributed by atoms with Crippen molar-refractivity contribution in [2.45, 2.75) is 40.2 Å². The molecule has 0 saturated carbocycles. The van der Waals surface area contributed by atoms with E-state index < -0.39 is 0 Å². The van der Waals surface area contributed by atoms with Gasteiger partial charge < -0.3 is 9.73 Å². The molecule has 1 aromatic heterocycles. The van der Waals surface area contributed by atoms with Gasteiger partial charge in [-0.1, -0.05) is 19.9 Å². The number of aryl methyl sites for hydroxylation is 2. The molecule has 2 rings (SSSR count). The van der Waals surface area contributed by atoms with Crippen molar-refractivity contribution < 1.29 is 4.42 Å². The number of rotatable bonds is 4. The Labute approximate surface area is 103 Å². The molecule has 0 fully saturated rings. The second-order valence-electron chi connectivity index (χ2n) is 5.08. The third-order valence-corrected chi connectivity index (χ3v) is 3.03. The van der Waals surface area contributed by atoms with E-state index in [1.54, 1.807) is 0 Å². The average molecular weight is 231 g/mol. The molecular formula is C15H21NO. The van der Waals surface area contributed by atoms with Crippen molar-refractivity contribution in [2.24, 2.45) is 0 Å². The Morgan fingerprint density at radius 1 is 1.24 bits per heavy atom. The van der Waals surface area contributed by atoms with Crippen LogP contribution < -0.4 is 5.32 Å². The molecule has 0 saturated heterocycles. The van der Waals surface area contributed by atoms with Crippen molar-refractivity contribution in [3.05, 3.63) is 35.1 Å². The van der Waals surface area contributed by atoms with Crippen molar-refractivity contribution in [1.29, 1.82) is 0 Å². The highest BCUT2D eigenvalue weighted by Gasteiger charge is 2.08. The third kappa shape index (κ3) is 2.70. The van der Waals surface area contributed by atoms with E-state index >= 15 is 0 Å². The Balaban J connectivity index is 2.23. The second-order valence-corrected chi connectivity index (χ2v) is 5.08. The molecule has 2 aromatic rings. The van der Waals surface area contributed by atoms with Gasteiger partial charge in [0.25, 0.3) is 0 Å². The quantitative estimate of drug-likeness (QED) is 0.870. The first kappa shape index (κ1) is 12.2. The molecule has 0 radical (unpaired) electrons. The summed E-state index contributed by atoms with van der Waals surface area (Å²) in [5.41, 5.74) is 4.87. The molecule has 0 amide bonds. The van der Waals surface area contributed by atoms with E-state index in [9.17, 15) is 0 Å². The van der Waals surface area contributed by atoms with Crippen LogP contribution in [0.3, 0.4) is 0 Å². The summed E-state index contributed by atoms with van der Waals surface area (Å²) < 4.78 is 5.66. The van der Waals surface area contributed by atoms with E-state index in [1.165, 1.54) is 22.1 Å². The Bertz CT molecular complexity index is 511. The summed E-state index contributed by atoms with van der Waals surface area (Å²) in [7, 11) is 0. The van der Waals surface area contributed by atoms with Crippen LogP contribution in [0, 0.1) is 13.8 Å². The predicted molar refractivity (Wildman–Crippen MR) is 72.5 cm³/mol. The molecular weight excluding hydrogens is 210 g/mol. The number of nitrogens with one attached hydrogen (secondary N) is 1. The molecule has 2 heteroatoms. The van der Waals surface area contributed by atoms with Gasteiger partial charge in [0.15, 0.2) is 0 Å². The van der Waals surface area contributed by atoms with E-state index in [0.29, 0.717) is 6.04 Å². The molecule has 2 nitrogen and oxygen atoms in total. The fraction of sp³-hybridized carbons (Fsp3) is 0.467.